The topological polar surface area (TPSA) is 116 Å². The van der Waals surface area contributed by atoms with E-state index in [0.29, 0.717) is 43.2 Å². The number of piperidine rings is 1. The van der Waals surface area contributed by atoms with Crippen LogP contribution in [-0.4, -0.2) is 39.0 Å². The number of likely N-dealkylation sites (tertiary alicyclic amines) is 1. The third kappa shape index (κ3) is 3.92. The highest BCUT2D eigenvalue weighted by molar-refractivity contribution is 5.76. The molecule has 1 fully saturated rings. The lowest BCUT2D eigenvalue weighted by Crippen LogP contribution is -2.38. The van der Waals surface area contributed by atoms with Gasteiger partial charge in [0.1, 0.15) is 11.6 Å². The highest BCUT2D eigenvalue weighted by Crippen LogP contribution is 2.27. The zero-order valence-corrected chi connectivity index (χ0v) is 15.8. The predicted molar refractivity (Wildman–Crippen MR) is 97.2 cm³/mol. The van der Waals surface area contributed by atoms with Crippen LogP contribution >= 0.6 is 0 Å². The Hall–Kier alpha value is -2.95. The van der Waals surface area contributed by atoms with Gasteiger partial charge in [0.15, 0.2) is 5.82 Å². The number of aromatic amines is 1. The Morgan fingerprint density at radius 1 is 1.33 bits per heavy atom. The first-order valence-electron chi connectivity index (χ1n) is 9.11. The number of H-pyrrole nitrogens is 1. The number of hydrogen-bond donors (Lipinski definition) is 1. The molecule has 0 unspecified atom stereocenters. The molecule has 2 aromatic heterocycles. The SMILES string of the molecule is Cc1noc(C2CCN(C(=O)CCc3c(C)[nH]c(=O)c(C#N)c3C)CC2)n1. The van der Waals surface area contributed by atoms with Crippen molar-refractivity contribution in [1.29, 1.82) is 5.26 Å². The van der Waals surface area contributed by atoms with Crippen LogP contribution in [0.15, 0.2) is 9.32 Å². The number of hydrogen-bond acceptors (Lipinski definition) is 6. The van der Waals surface area contributed by atoms with Crippen LogP contribution in [0.1, 0.15) is 59.3 Å². The quantitative estimate of drug-likeness (QED) is 0.880. The van der Waals surface area contributed by atoms with Crippen LogP contribution in [0.5, 0.6) is 0 Å². The number of aromatic nitrogens is 3. The summed E-state index contributed by atoms with van der Waals surface area (Å²) in [5.74, 6) is 1.57. The molecule has 3 rings (SSSR count). The zero-order valence-electron chi connectivity index (χ0n) is 15.8. The highest BCUT2D eigenvalue weighted by atomic mass is 16.5. The van der Waals surface area contributed by atoms with Crippen molar-refractivity contribution in [1.82, 2.24) is 20.0 Å². The van der Waals surface area contributed by atoms with Crippen LogP contribution in [0.25, 0.3) is 0 Å². The fraction of sp³-hybridized carbons (Fsp3) is 0.526. The van der Waals surface area contributed by atoms with Crippen LogP contribution in [0, 0.1) is 32.1 Å². The third-order valence-corrected chi connectivity index (χ3v) is 5.25. The van der Waals surface area contributed by atoms with E-state index >= 15 is 0 Å². The van der Waals surface area contributed by atoms with E-state index in [-0.39, 0.29) is 22.9 Å². The van der Waals surface area contributed by atoms with Crippen molar-refractivity contribution in [2.45, 2.75) is 52.4 Å². The molecule has 1 saturated heterocycles. The van der Waals surface area contributed by atoms with Gasteiger partial charge in [-0.05, 0) is 51.2 Å². The molecular formula is C19H23N5O3. The second-order valence-corrected chi connectivity index (χ2v) is 7.00. The Balaban J connectivity index is 1.60. The first-order chi connectivity index (χ1) is 12.9. The largest absolute Gasteiger partial charge is 0.343 e. The summed E-state index contributed by atoms with van der Waals surface area (Å²) >= 11 is 0. The Morgan fingerprint density at radius 3 is 2.63 bits per heavy atom. The van der Waals surface area contributed by atoms with Crippen LogP contribution in [0.4, 0.5) is 0 Å². The maximum absolute atomic E-state index is 12.6. The molecule has 0 radical (unpaired) electrons. The number of pyridine rings is 1. The molecule has 8 heteroatoms. The van der Waals surface area contributed by atoms with Gasteiger partial charge in [-0.25, -0.2) is 0 Å². The zero-order chi connectivity index (χ0) is 19.6. The molecule has 0 aromatic carbocycles. The minimum atomic E-state index is -0.374. The molecule has 142 valence electrons. The average Bonchev–Trinajstić information content (AvgIpc) is 3.08. The number of aryl methyl sites for hydroxylation is 2. The van der Waals surface area contributed by atoms with E-state index in [9.17, 15) is 9.59 Å². The lowest BCUT2D eigenvalue weighted by atomic mass is 9.95. The van der Waals surface area contributed by atoms with Crippen LogP contribution in [-0.2, 0) is 11.2 Å². The normalized spacial score (nSPS) is 15.0. The molecule has 0 spiro atoms. The van der Waals surface area contributed by atoms with E-state index in [4.69, 9.17) is 9.78 Å². The molecule has 8 nitrogen and oxygen atoms in total. The van der Waals surface area contributed by atoms with Gasteiger partial charge in [0.2, 0.25) is 11.8 Å². The van der Waals surface area contributed by atoms with E-state index < -0.39 is 0 Å². The van der Waals surface area contributed by atoms with Crippen LogP contribution < -0.4 is 5.56 Å². The molecule has 0 bridgehead atoms. The fourth-order valence-electron chi connectivity index (χ4n) is 3.67. The molecule has 2 aromatic rings. The minimum absolute atomic E-state index is 0.0821. The van der Waals surface area contributed by atoms with E-state index in [1.165, 1.54) is 0 Å². The van der Waals surface area contributed by atoms with Gasteiger partial charge < -0.3 is 14.4 Å². The standard InChI is InChI=1S/C19H23N5O3/c1-11-15(12(2)21-18(26)16(11)10-20)4-5-17(25)24-8-6-14(7-9-24)19-22-13(3)23-27-19/h14H,4-9H2,1-3H3,(H,21,26). The minimum Gasteiger partial charge on any atom is -0.343 e. The lowest BCUT2D eigenvalue weighted by Gasteiger charge is -2.30. The van der Waals surface area contributed by atoms with Gasteiger partial charge in [0.25, 0.3) is 5.56 Å². The molecule has 1 aliphatic heterocycles. The van der Waals surface area contributed by atoms with Gasteiger partial charge in [0, 0.05) is 31.1 Å². The van der Waals surface area contributed by atoms with Crippen molar-refractivity contribution in [3.8, 4) is 6.07 Å². The van der Waals surface area contributed by atoms with Crippen LogP contribution in [0.2, 0.25) is 0 Å². The van der Waals surface area contributed by atoms with Gasteiger partial charge >= 0.3 is 0 Å². The summed E-state index contributed by atoms with van der Waals surface area (Å²) in [6.45, 7) is 6.69. The number of amides is 1. The van der Waals surface area contributed by atoms with Gasteiger partial charge in [-0.15, -0.1) is 0 Å². The van der Waals surface area contributed by atoms with Crippen molar-refractivity contribution < 1.29 is 9.32 Å². The van der Waals surface area contributed by atoms with E-state index in [1.807, 2.05) is 11.0 Å². The van der Waals surface area contributed by atoms with Crippen molar-refractivity contribution in [2.75, 3.05) is 13.1 Å². The first-order valence-corrected chi connectivity index (χ1v) is 9.11. The Bertz CT molecular complexity index is 945. The van der Waals surface area contributed by atoms with Gasteiger partial charge in [-0.3, -0.25) is 9.59 Å². The summed E-state index contributed by atoms with van der Waals surface area (Å²) in [6, 6.07) is 1.95. The number of carbonyl (C=O) groups excluding carboxylic acids is 1. The monoisotopic (exact) mass is 369 g/mol. The third-order valence-electron chi connectivity index (χ3n) is 5.25. The number of carbonyl (C=O) groups is 1. The molecule has 1 aliphatic rings. The van der Waals surface area contributed by atoms with Gasteiger partial charge in [-0.2, -0.15) is 10.2 Å². The maximum atomic E-state index is 12.6. The van der Waals surface area contributed by atoms with E-state index in [0.717, 1.165) is 24.1 Å². The van der Waals surface area contributed by atoms with Gasteiger partial charge in [0.05, 0.1) is 0 Å². The fourth-order valence-corrected chi connectivity index (χ4v) is 3.67. The molecule has 0 aliphatic carbocycles. The molecule has 0 atom stereocenters. The predicted octanol–water partition coefficient (Wildman–Crippen LogP) is 1.89. The average molecular weight is 369 g/mol. The van der Waals surface area contributed by atoms with Crippen molar-refractivity contribution >= 4 is 5.91 Å². The van der Waals surface area contributed by atoms with Crippen LogP contribution in [0.3, 0.4) is 0 Å². The number of rotatable bonds is 4. The summed E-state index contributed by atoms with van der Waals surface area (Å²) in [7, 11) is 0. The molecule has 3 heterocycles. The smallest absolute Gasteiger partial charge is 0.266 e. The summed E-state index contributed by atoms with van der Waals surface area (Å²) < 4.78 is 5.24. The summed E-state index contributed by atoms with van der Waals surface area (Å²) in [4.78, 5) is 33.3. The number of nitrogens with zero attached hydrogens (tertiary/aromatic N) is 4. The molecule has 1 amide bonds. The summed E-state index contributed by atoms with van der Waals surface area (Å²) in [5.41, 5.74) is 2.00. The molecule has 1 N–H and O–H groups in total. The Labute approximate surface area is 157 Å². The summed E-state index contributed by atoms with van der Waals surface area (Å²) in [5, 5.41) is 13.0. The Kier molecular flexibility index (Phi) is 5.40. The van der Waals surface area contributed by atoms with Crippen molar-refractivity contribution in [2.24, 2.45) is 0 Å². The van der Waals surface area contributed by atoms with Crippen molar-refractivity contribution in [3.63, 3.8) is 0 Å². The first kappa shape index (κ1) is 18.8. The number of nitrogens with one attached hydrogen (secondary N) is 1. The lowest BCUT2D eigenvalue weighted by molar-refractivity contribution is -0.132. The van der Waals surface area contributed by atoms with E-state index in [1.54, 1.807) is 20.8 Å². The van der Waals surface area contributed by atoms with Crippen molar-refractivity contribution in [3.05, 3.63) is 44.5 Å². The Morgan fingerprint density at radius 2 is 2.04 bits per heavy atom. The molecule has 27 heavy (non-hydrogen) atoms. The maximum Gasteiger partial charge on any atom is 0.266 e. The number of nitriles is 1. The molecule has 0 saturated carbocycles. The summed E-state index contributed by atoms with van der Waals surface area (Å²) in [6.07, 6.45) is 2.47. The van der Waals surface area contributed by atoms with E-state index in [2.05, 4.69) is 15.1 Å². The second-order valence-electron chi connectivity index (χ2n) is 7.00. The van der Waals surface area contributed by atoms with Gasteiger partial charge in [-0.1, -0.05) is 5.16 Å². The highest BCUT2D eigenvalue weighted by Gasteiger charge is 2.27. The molecular weight excluding hydrogens is 346 g/mol. The second kappa shape index (κ2) is 7.74.